The van der Waals surface area contributed by atoms with Crippen LogP contribution >= 0.6 is 0 Å². The Balaban J connectivity index is 2.48. The molecule has 13 heavy (non-hydrogen) atoms. The van der Waals surface area contributed by atoms with Crippen molar-refractivity contribution in [3.05, 3.63) is 48.3 Å². The first-order valence-electron chi connectivity index (χ1n) is 4.20. The molecule has 0 atom stereocenters. The summed E-state index contributed by atoms with van der Waals surface area (Å²) in [6.07, 6.45) is 3.48. The van der Waals surface area contributed by atoms with E-state index in [1.165, 1.54) is 11.1 Å². The van der Waals surface area contributed by atoms with Gasteiger partial charge in [-0.05, 0) is 18.6 Å². The summed E-state index contributed by atoms with van der Waals surface area (Å²) >= 11 is 0. The zero-order valence-corrected chi connectivity index (χ0v) is 7.44. The van der Waals surface area contributed by atoms with Gasteiger partial charge in [0.2, 0.25) is 0 Å². The summed E-state index contributed by atoms with van der Waals surface area (Å²) in [7, 11) is 0. The van der Waals surface area contributed by atoms with E-state index in [1.807, 2.05) is 12.1 Å². The van der Waals surface area contributed by atoms with Gasteiger partial charge in [-0.15, -0.1) is 0 Å². The van der Waals surface area contributed by atoms with Gasteiger partial charge in [-0.3, -0.25) is 0 Å². The molecular formula is C11H10N2. The number of aryl methyl sites for hydroxylation is 1. The van der Waals surface area contributed by atoms with Gasteiger partial charge in [0, 0.05) is 5.56 Å². The molecule has 0 saturated heterocycles. The number of hydrogen-bond donors (Lipinski definition) is 0. The Hall–Kier alpha value is -1.70. The average Bonchev–Trinajstić information content (AvgIpc) is 2.19. The van der Waals surface area contributed by atoms with Crippen LogP contribution in [-0.4, -0.2) is 10.2 Å². The number of aromatic nitrogens is 2. The molecule has 1 heterocycles. The van der Waals surface area contributed by atoms with Crippen LogP contribution < -0.4 is 0 Å². The molecule has 2 rings (SSSR count). The SMILES string of the molecule is Cc1cccc(-c2ccnnc2)c1. The predicted molar refractivity (Wildman–Crippen MR) is 52.2 cm³/mol. The molecule has 0 N–H and O–H groups in total. The second-order valence-corrected chi connectivity index (χ2v) is 3.00. The van der Waals surface area contributed by atoms with Crippen molar-refractivity contribution >= 4 is 0 Å². The summed E-state index contributed by atoms with van der Waals surface area (Å²) in [5.74, 6) is 0. The lowest BCUT2D eigenvalue weighted by atomic mass is 10.1. The predicted octanol–water partition coefficient (Wildman–Crippen LogP) is 2.45. The fourth-order valence-corrected chi connectivity index (χ4v) is 1.29. The van der Waals surface area contributed by atoms with Crippen LogP contribution in [0.25, 0.3) is 11.1 Å². The summed E-state index contributed by atoms with van der Waals surface area (Å²) < 4.78 is 0. The van der Waals surface area contributed by atoms with Crippen LogP contribution in [0, 0.1) is 6.92 Å². The van der Waals surface area contributed by atoms with Crippen LogP contribution in [0.2, 0.25) is 0 Å². The molecule has 0 aliphatic carbocycles. The molecule has 0 fully saturated rings. The Kier molecular flexibility index (Phi) is 2.04. The fourth-order valence-electron chi connectivity index (χ4n) is 1.29. The number of benzene rings is 1. The first-order valence-corrected chi connectivity index (χ1v) is 4.20. The van der Waals surface area contributed by atoms with E-state index in [4.69, 9.17) is 0 Å². The van der Waals surface area contributed by atoms with Crippen molar-refractivity contribution in [1.29, 1.82) is 0 Å². The fraction of sp³-hybridized carbons (Fsp3) is 0.0909. The lowest BCUT2D eigenvalue weighted by Crippen LogP contribution is -1.82. The molecule has 1 aromatic carbocycles. The van der Waals surface area contributed by atoms with Gasteiger partial charge in [0.25, 0.3) is 0 Å². The molecule has 0 aliphatic rings. The Morgan fingerprint density at radius 3 is 2.62 bits per heavy atom. The molecule has 0 radical (unpaired) electrons. The molecule has 2 nitrogen and oxygen atoms in total. The summed E-state index contributed by atoms with van der Waals surface area (Å²) in [6.45, 7) is 2.08. The van der Waals surface area contributed by atoms with Crippen molar-refractivity contribution in [2.45, 2.75) is 6.92 Å². The molecule has 64 valence electrons. The Labute approximate surface area is 77.3 Å². The van der Waals surface area contributed by atoms with Crippen LogP contribution in [0.5, 0.6) is 0 Å². The highest BCUT2D eigenvalue weighted by atomic mass is 15.1. The van der Waals surface area contributed by atoms with E-state index in [9.17, 15) is 0 Å². The maximum Gasteiger partial charge on any atom is 0.0574 e. The van der Waals surface area contributed by atoms with Crippen molar-refractivity contribution in [3.8, 4) is 11.1 Å². The maximum atomic E-state index is 3.84. The maximum absolute atomic E-state index is 3.84. The van der Waals surface area contributed by atoms with Gasteiger partial charge in [0.1, 0.15) is 0 Å². The second-order valence-electron chi connectivity index (χ2n) is 3.00. The highest BCUT2D eigenvalue weighted by Gasteiger charge is 1.95. The lowest BCUT2D eigenvalue weighted by Gasteiger charge is -2.00. The lowest BCUT2D eigenvalue weighted by molar-refractivity contribution is 1.03. The van der Waals surface area contributed by atoms with E-state index in [2.05, 4.69) is 35.3 Å². The van der Waals surface area contributed by atoms with Gasteiger partial charge in [-0.25, -0.2) is 0 Å². The van der Waals surface area contributed by atoms with Gasteiger partial charge >= 0.3 is 0 Å². The third-order valence-electron chi connectivity index (χ3n) is 1.94. The van der Waals surface area contributed by atoms with Crippen molar-refractivity contribution < 1.29 is 0 Å². The molecule has 1 aromatic heterocycles. The van der Waals surface area contributed by atoms with Crippen LogP contribution in [0.4, 0.5) is 0 Å². The third-order valence-corrected chi connectivity index (χ3v) is 1.94. The first-order chi connectivity index (χ1) is 6.36. The van der Waals surface area contributed by atoms with E-state index in [1.54, 1.807) is 12.4 Å². The van der Waals surface area contributed by atoms with E-state index >= 15 is 0 Å². The molecule has 0 bridgehead atoms. The average molecular weight is 170 g/mol. The van der Waals surface area contributed by atoms with Crippen LogP contribution in [0.3, 0.4) is 0 Å². The third kappa shape index (κ3) is 1.72. The standard InChI is InChI=1S/C11H10N2/c1-9-3-2-4-10(7-9)11-5-6-12-13-8-11/h2-8H,1H3. The van der Waals surface area contributed by atoms with Crippen molar-refractivity contribution in [1.82, 2.24) is 10.2 Å². The van der Waals surface area contributed by atoms with Crippen LogP contribution in [0.15, 0.2) is 42.7 Å². The van der Waals surface area contributed by atoms with E-state index in [0.717, 1.165) is 5.56 Å². The molecule has 0 aliphatic heterocycles. The highest BCUT2D eigenvalue weighted by molar-refractivity contribution is 5.62. The zero-order chi connectivity index (χ0) is 9.10. The summed E-state index contributed by atoms with van der Waals surface area (Å²) in [5.41, 5.74) is 3.56. The smallest absolute Gasteiger partial charge is 0.0574 e. The Bertz CT molecular complexity index is 396. The molecule has 2 heteroatoms. The monoisotopic (exact) mass is 170 g/mol. The summed E-state index contributed by atoms with van der Waals surface area (Å²) in [4.78, 5) is 0. The molecular weight excluding hydrogens is 160 g/mol. The topological polar surface area (TPSA) is 25.8 Å². The van der Waals surface area contributed by atoms with Crippen LogP contribution in [0.1, 0.15) is 5.56 Å². The largest absolute Gasteiger partial charge is 0.159 e. The van der Waals surface area contributed by atoms with Gasteiger partial charge in [0.15, 0.2) is 0 Å². The quantitative estimate of drug-likeness (QED) is 0.657. The number of nitrogens with zero attached hydrogens (tertiary/aromatic N) is 2. The Morgan fingerprint density at radius 1 is 1.00 bits per heavy atom. The molecule has 0 spiro atoms. The second kappa shape index (κ2) is 3.35. The minimum atomic E-state index is 1.11. The summed E-state index contributed by atoms with van der Waals surface area (Å²) in [5, 5.41) is 7.58. The molecule has 0 amide bonds. The van der Waals surface area contributed by atoms with E-state index in [0.29, 0.717) is 0 Å². The summed E-state index contributed by atoms with van der Waals surface area (Å²) in [6, 6.07) is 10.3. The number of hydrogen-bond acceptors (Lipinski definition) is 2. The minimum absolute atomic E-state index is 1.11. The van der Waals surface area contributed by atoms with Gasteiger partial charge in [-0.1, -0.05) is 29.8 Å². The zero-order valence-electron chi connectivity index (χ0n) is 7.44. The van der Waals surface area contributed by atoms with Crippen molar-refractivity contribution in [2.75, 3.05) is 0 Å². The molecule has 0 saturated carbocycles. The Morgan fingerprint density at radius 2 is 1.92 bits per heavy atom. The van der Waals surface area contributed by atoms with Gasteiger partial charge in [0.05, 0.1) is 12.4 Å². The minimum Gasteiger partial charge on any atom is -0.159 e. The van der Waals surface area contributed by atoms with E-state index < -0.39 is 0 Å². The van der Waals surface area contributed by atoms with E-state index in [-0.39, 0.29) is 0 Å². The normalized spacial score (nSPS) is 9.92. The number of rotatable bonds is 1. The molecule has 2 aromatic rings. The highest BCUT2D eigenvalue weighted by Crippen LogP contribution is 2.17. The first kappa shape index (κ1) is 7.92. The van der Waals surface area contributed by atoms with Crippen molar-refractivity contribution in [2.24, 2.45) is 0 Å². The van der Waals surface area contributed by atoms with Gasteiger partial charge in [-0.2, -0.15) is 10.2 Å². The van der Waals surface area contributed by atoms with Crippen molar-refractivity contribution in [3.63, 3.8) is 0 Å². The van der Waals surface area contributed by atoms with Crippen LogP contribution in [-0.2, 0) is 0 Å². The van der Waals surface area contributed by atoms with Gasteiger partial charge < -0.3 is 0 Å². The molecule has 0 unspecified atom stereocenters.